The van der Waals surface area contributed by atoms with Gasteiger partial charge in [0, 0.05) is 13.7 Å². The van der Waals surface area contributed by atoms with Crippen LogP contribution in [0.2, 0.25) is 0 Å². The van der Waals surface area contributed by atoms with Crippen molar-refractivity contribution in [2.45, 2.75) is 12.6 Å². The zero-order valence-electron chi connectivity index (χ0n) is 12.7. The number of nitrogens with one attached hydrogen (secondary N) is 1. The number of carbonyl (C=O) groups is 1. The Morgan fingerprint density at radius 1 is 1.29 bits per heavy atom. The van der Waals surface area contributed by atoms with Gasteiger partial charge in [0.05, 0.1) is 17.2 Å². The van der Waals surface area contributed by atoms with Crippen molar-refractivity contribution in [3.63, 3.8) is 0 Å². The van der Waals surface area contributed by atoms with E-state index in [4.69, 9.17) is 10.00 Å². The van der Waals surface area contributed by atoms with E-state index in [1.165, 1.54) is 0 Å². The largest absolute Gasteiger partial charge is 0.505 e. The third-order valence-electron chi connectivity index (χ3n) is 3.39. The van der Waals surface area contributed by atoms with Crippen LogP contribution in [0.15, 0.2) is 36.4 Å². The third-order valence-corrected chi connectivity index (χ3v) is 3.39. The van der Waals surface area contributed by atoms with Gasteiger partial charge < -0.3 is 15.2 Å². The summed E-state index contributed by atoms with van der Waals surface area (Å²) >= 11 is 0. The average Bonchev–Trinajstić information content (AvgIpc) is 2.60. The van der Waals surface area contributed by atoms with Gasteiger partial charge in [-0.1, -0.05) is 12.1 Å². The van der Waals surface area contributed by atoms with Crippen molar-refractivity contribution >= 4 is 5.91 Å². The zero-order chi connectivity index (χ0) is 17.7. The number of phenols is 1. The standard InChI is InChI=1S/C17H14F2N2O3/c1-24-16(14-12(18)6-7-13(22)15(14)19)17(23)21-9-11-4-2-10(8-20)3-5-11/h2-7,16,22H,9H2,1H3,(H,21,23). The highest BCUT2D eigenvalue weighted by molar-refractivity contribution is 5.82. The first-order chi connectivity index (χ1) is 11.5. The summed E-state index contributed by atoms with van der Waals surface area (Å²) < 4.78 is 32.7. The molecule has 2 rings (SSSR count). The fourth-order valence-electron chi connectivity index (χ4n) is 2.13. The van der Waals surface area contributed by atoms with Crippen LogP contribution < -0.4 is 5.32 Å². The van der Waals surface area contributed by atoms with Crippen LogP contribution in [0.3, 0.4) is 0 Å². The molecule has 2 aromatic carbocycles. The van der Waals surface area contributed by atoms with Crippen molar-refractivity contribution in [3.8, 4) is 11.8 Å². The van der Waals surface area contributed by atoms with Crippen LogP contribution in [-0.4, -0.2) is 18.1 Å². The molecule has 0 saturated carbocycles. The summed E-state index contributed by atoms with van der Waals surface area (Å²) in [5.74, 6) is -3.76. The van der Waals surface area contributed by atoms with E-state index in [0.717, 1.165) is 19.2 Å². The number of nitrogens with zero attached hydrogens (tertiary/aromatic N) is 1. The second-order valence-electron chi connectivity index (χ2n) is 4.94. The number of amides is 1. The Hall–Kier alpha value is -2.98. The first-order valence-corrected chi connectivity index (χ1v) is 6.94. The van der Waals surface area contributed by atoms with E-state index in [-0.39, 0.29) is 6.54 Å². The van der Waals surface area contributed by atoms with E-state index < -0.39 is 35.0 Å². The molecule has 0 aromatic heterocycles. The minimum atomic E-state index is -1.55. The van der Waals surface area contributed by atoms with Gasteiger partial charge in [-0.2, -0.15) is 5.26 Å². The van der Waals surface area contributed by atoms with Gasteiger partial charge in [-0.3, -0.25) is 4.79 Å². The lowest BCUT2D eigenvalue weighted by Gasteiger charge is -2.17. The molecule has 2 aromatic rings. The van der Waals surface area contributed by atoms with Gasteiger partial charge >= 0.3 is 0 Å². The molecule has 0 aliphatic heterocycles. The lowest BCUT2D eigenvalue weighted by atomic mass is 10.1. The minimum Gasteiger partial charge on any atom is -0.505 e. The summed E-state index contributed by atoms with van der Waals surface area (Å²) in [6.45, 7) is 0.0897. The number of ether oxygens (including phenoxy) is 1. The van der Waals surface area contributed by atoms with E-state index in [0.29, 0.717) is 11.1 Å². The van der Waals surface area contributed by atoms with Crippen LogP contribution in [-0.2, 0) is 16.1 Å². The van der Waals surface area contributed by atoms with Crippen LogP contribution >= 0.6 is 0 Å². The summed E-state index contributed by atoms with van der Waals surface area (Å²) in [5.41, 5.74) is 0.521. The third kappa shape index (κ3) is 3.67. The number of hydrogen-bond donors (Lipinski definition) is 2. The van der Waals surface area contributed by atoms with Crippen LogP contribution in [0.25, 0.3) is 0 Å². The topological polar surface area (TPSA) is 82.3 Å². The quantitative estimate of drug-likeness (QED) is 0.881. The Bertz CT molecular complexity index is 786. The van der Waals surface area contributed by atoms with Crippen LogP contribution in [0.1, 0.15) is 22.8 Å². The Labute approximate surface area is 137 Å². The summed E-state index contributed by atoms with van der Waals surface area (Å²) in [6.07, 6.45) is -1.55. The Morgan fingerprint density at radius 2 is 1.96 bits per heavy atom. The lowest BCUT2D eigenvalue weighted by Crippen LogP contribution is -2.31. The molecule has 24 heavy (non-hydrogen) atoms. The molecule has 0 aliphatic carbocycles. The second kappa shape index (κ2) is 7.53. The normalized spacial score (nSPS) is 11.6. The van der Waals surface area contributed by atoms with Crippen LogP contribution in [0, 0.1) is 23.0 Å². The summed E-state index contributed by atoms with van der Waals surface area (Å²) in [6, 6.07) is 10.2. The maximum absolute atomic E-state index is 13.9. The molecule has 1 amide bonds. The van der Waals surface area contributed by atoms with Gasteiger partial charge in [0.2, 0.25) is 0 Å². The van der Waals surface area contributed by atoms with Gasteiger partial charge in [0.1, 0.15) is 5.82 Å². The first-order valence-electron chi connectivity index (χ1n) is 6.94. The van der Waals surface area contributed by atoms with Gasteiger partial charge in [0.25, 0.3) is 5.91 Å². The van der Waals surface area contributed by atoms with Crippen molar-refractivity contribution in [3.05, 3.63) is 64.7 Å². The number of methoxy groups -OCH3 is 1. The molecule has 7 heteroatoms. The SMILES string of the molecule is COC(C(=O)NCc1ccc(C#N)cc1)c1c(F)ccc(O)c1F. The molecule has 5 nitrogen and oxygen atoms in total. The van der Waals surface area contributed by atoms with Gasteiger partial charge in [-0.05, 0) is 29.8 Å². The van der Waals surface area contributed by atoms with E-state index >= 15 is 0 Å². The van der Waals surface area contributed by atoms with E-state index in [1.807, 2.05) is 6.07 Å². The molecule has 1 unspecified atom stereocenters. The molecule has 0 spiro atoms. The maximum atomic E-state index is 13.9. The molecular weight excluding hydrogens is 318 g/mol. The highest BCUT2D eigenvalue weighted by atomic mass is 19.1. The van der Waals surface area contributed by atoms with Crippen molar-refractivity contribution in [1.82, 2.24) is 5.32 Å². The molecule has 1 atom stereocenters. The fraction of sp³-hybridized carbons (Fsp3) is 0.176. The summed E-state index contributed by atoms with van der Waals surface area (Å²) in [4.78, 5) is 12.2. The Balaban J connectivity index is 2.15. The molecule has 2 N–H and O–H groups in total. The lowest BCUT2D eigenvalue weighted by molar-refractivity contribution is -0.131. The van der Waals surface area contributed by atoms with E-state index in [2.05, 4.69) is 5.32 Å². The molecule has 0 aliphatic rings. The molecular formula is C17H14F2N2O3. The predicted molar refractivity (Wildman–Crippen MR) is 80.8 cm³/mol. The highest BCUT2D eigenvalue weighted by Gasteiger charge is 2.28. The monoisotopic (exact) mass is 332 g/mol. The molecule has 124 valence electrons. The van der Waals surface area contributed by atoms with Gasteiger partial charge in [-0.15, -0.1) is 0 Å². The maximum Gasteiger partial charge on any atom is 0.254 e. The smallest absolute Gasteiger partial charge is 0.254 e. The van der Waals surface area contributed by atoms with Crippen molar-refractivity contribution in [2.75, 3.05) is 7.11 Å². The molecule has 0 bridgehead atoms. The Kier molecular flexibility index (Phi) is 5.45. The number of nitriles is 1. The van der Waals surface area contributed by atoms with Crippen molar-refractivity contribution < 1.29 is 23.4 Å². The number of aromatic hydroxyl groups is 1. The van der Waals surface area contributed by atoms with Crippen molar-refractivity contribution in [2.24, 2.45) is 0 Å². The fourth-order valence-corrected chi connectivity index (χ4v) is 2.13. The van der Waals surface area contributed by atoms with E-state index in [9.17, 15) is 18.7 Å². The highest BCUT2D eigenvalue weighted by Crippen LogP contribution is 2.29. The number of carbonyl (C=O) groups excluding carboxylic acids is 1. The van der Waals surface area contributed by atoms with Gasteiger partial charge in [0.15, 0.2) is 17.7 Å². The van der Waals surface area contributed by atoms with Gasteiger partial charge in [-0.25, -0.2) is 8.78 Å². The Morgan fingerprint density at radius 3 is 2.54 bits per heavy atom. The molecule has 0 fully saturated rings. The number of benzene rings is 2. The van der Waals surface area contributed by atoms with Crippen LogP contribution in [0.4, 0.5) is 8.78 Å². The van der Waals surface area contributed by atoms with Crippen molar-refractivity contribution in [1.29, 1.82) is 5.26 Å². The van der Waals surface area contributed by atoms with Crippen LogP contribution in [0.5, 0.6) is 5.75 Å². The summed E-state index contributed by atoms with van der Waals surface area (Å²) in [5, 5.41) is 20.6. The number of phenolic OH excluding ortho intramolecular Hbond substituents is 1. The first kappa shape index (κ1) is 17.4. The summed E-state index contributed by atoms with van der Waals surface area (Å²) in [7, 11) is 1.13. The predicted octanol–water partition coefficient (Wildman–Crippen LogP) is 2.55. The zero-order valence-corrected chi connectivity index (χ0v) is 12.7. The number of hydrogen-bond acceptors (Lipinski definition) is 4. The molecule has 0 radical (unpaired) electrons. The second-order valence-corrected chi connectivity index (χ2v) is 4.94. The number of rotatable bonds is 5. The number of halogens is 2. The molecule has 0 heterocycles. The minimum absolute atomic E-state index is 0.0897. The molecule has 0 saturated heterocycles. The average molecular weight is 332 g/mol. The van der Waals surface area contributed by atoms with E-state index in [1.54, 1.807) is 24.3 Å².